The Balaban J connectivity index is 0.00000144. The first-order chi connectivity index (χ1) is 7.75. The first-order valence-corrected chi connectivity index (χ1v) is 7.23. The van der Waals surface area contributed by atoms with Gasteiger partial charge in [-0.25, -0.2) is 0 Å². The summed E-state index contributed by atoms with van der Waals surface area (Å²) in [7, 11) is 0. The van der Waals surface area contributed by atoms with Crippen LogP contribution in [0.5, 0.6) is 0 Å². The van der Waals surface area contributed by atoms with Crippen molar-refractivity contribution in [3.8, 4) is 0 Å². The molecule has 2 fully saturated rings. The standard InChI is InChI=1S/C14H28N2.ClH/c1-12-11-16(13(2)10-15-12)9-8-14-6-4-3-5-7-14;/h12-15H,3-11H2,1-2H3;1H. The van der Waals surface area contributed by atoms with Gasteiger partial charge in [0.15, 0.2) is 0 Å². The minimum atomic E-state index is 0. The lowest BCUT2D eigenvalue weighted by Crippen LogP contribution is -2.54. The van der Waals surface area contributed by atoms with Gasteiger partial charge in [0.25, 0.3) is 0 Å². The van der Waals surface area contributed by atoms with Crippen LogP contribution in [-0.4, -0.2) is 36.6 Å². The van der Waals surface area contributed by atoms with Gasteiger partial charge in [0.2, 0.25) is 0 Å². The van der Waals surface area contributed by atoms with Crippen LogP contribution in [0.25, 0.3) is 0 Å². The van der Waals surface area contributed by atoms with Gasteiger partial charge in [-0.3, -0.25) is 4.90 Å². The lowest BCUT2D eigenvalue weighted by molar-refractivity contribution is 0.133. The minimum Gasteiger partial charge on any atom is -0.311 e. The van der Waals surface area contributed by atoms with Crippen molar-refractivity contribution in [2.45, 2.75) is 64.5 Å². The van der Waals surface area contributed by atoms with Crippen LogP contribution >= 0.6 is 12.4 Å². The van der Waals surface area contributed by atoms with Gasteiger partial charge in [-0.2, -0.15) is 0 Å². The Morgan fingerprint density at radius 2 is 1.82 bits per heavy atom. The molecule has 102 valence electrons. The molecule has 0 spiro atoms. The van der Waals surface area contributed by atoms with Crippen molar-refractivity contribution in [3.63, 3.8) is 0 Å². The van der Waals surface area contributed by atoms with Gasteiger partial charge in [-0.1, -0.05) is 32.1 Å². The molecule has 1 saturated carbocycles. The average molecular weight is 261 g/mol. The summed E-state index contributed by atoms with van der Waals surface area (Å²) in [6, 6.07) is 1.42. The summed E-state index contributed by atoms with van der Waals surface area (Å²) in [5, 5.41) is 3.56. The molecule has 0 aromatic rings. The Bertz CT molecular complexity index is 204. The van der Waals surface area contributed by atoms with Gasteiger partial charge in [-0.05, 0) is 32.7 Å². The molecule has 0 amide bonds. The number of piperazine rings is 1. The number of nitrogens with one attached hydrogen (secondary N) is 1. The summed E-state index contributed by atoms with van der Waals surface area (Å²) >= 11 is 0. The Morgan fingerprint density at radius 1 is 1.12 bits per heavy atom. The Kier molecular flexibility index (Phi) is 6.83. The summed E-state index contributed by atoms with van der Waals surface area (Å²) in [6.45, 7) is 8.41. The van der Waals surface area contributed by atoms with Crippen LogP contribution in [0.1, 0.15) is 52.4 Å². The van der Waals surface area contributed by atoms with E-state index in [1.165, 1.54) is 58.2 Å². The van der Waals surface area contributed by atoms with Gasteiger partial charge in [0.1, 0.15) is 0 Å². The first-order valence-electron chi connectivity index (χ1n) is 7.23. The molecule has 2 atom stereocenters. The molecule has 2 unspecified atom stereocenters. The van der Waals surface area contributed by atoms with Crippen molar-refractivity contribution in [2.75, 3.05) is 19.6 Å². The topological polar surface area (TPSA) is 15.3 Å². The fraction of sp³-hybridized carbons (Fsp3) is 1.00. The van der Waals surface area contributed by atoms with Crippen LogP contribution in [0.3, 0.4) is 0 Å². The van der Waals surface area contributed by atoms with Crippen LogP contribution in [0.4, 0.5) is 0 Å². The highest BCUT2D eigenvalue weighted by Crippen LogP contribution is 2.26. The van der Waals surface area contributed by atoms with E-state index in [2.05, 4.69) is 24.1 Å². The quantitative estimate of drug-likeness (QED) is 0.839. The monoisotopic (exact) mass is 260 g/mol. The summed E-state index contributed by atoms with van der Waals surface area (Å²) in [6.07, 6.45) is 8.89. The van der Waals surface area contributed by atoms with E-state index in [0.717, 1.165) is 12.0 Å². The normalized spacial score (nSPS) is 32.1. The lowest BCUT2D eigenvalue weighted by Gasteiger charge is -2.38. The van der Waals surface area contributed by atoms with E-state index in [0.29, 0.717) is 6.04 Å². The third-order valence-electron chi connectivity index (χ3n) is 4.44. The number of nitrogens with zero attached hydrogens (tertiary/aromatic N) is 1. The molecule has 2 nitrogen and oxygen atoms in total. The van der Waals surface area contributed by atoms with Crippen LogP contribution in [0.15, 0.2) is 0 Å². The fourth-order valence-corrected chi connectivity index (χ4v) is 3.23. The van der Waals surface area contributed by atoms with E-state index in [9.17, 15) is 0 Å². The molecule has 1 aliphatic heterocycles. The smallest absolute Gasteiger partial charge is 0.0193 e. The molecule has 3 heteroatoms. The number of halogens is 1. The van der Waals surface area contributed by atoms with Crippen molar-refractivity contribution in [1.82, 2.24) is 10.2 Å². The van der Waals surface area contributed by atoms with Crippen LogP contribution in [0.2, 0.25) is 0 Å². The molecule has 2 aliphatic rings. The molecule has 0 aromatic heterocycles. The van der Waals surface area contributed by atoms with Crippen molar-refractivity contribution in [3.05, 3.63) is 0 Å². The zero-order chi connectivity index (χ0) is 11.4. The maximum atomic E-state index is 3.56. The third-order valence-corrected chi connectivity index (χ3v) is 4.44. The third kappa shape index (κ3) is 4.76. The van der Waals surface area contributed by atoms with Gasteiger partial charge in [0, 0.05) is 25.2 Å². The predicted octanol–water partition coefficient (Wildman–Crippen LogP) is 3.06. The van der Waals surface area contributed by atoms with Crippen LogP contribution in [-0.2, 0) is 0 Å². The zero-order valence-electron chi connectivity index (χ0n) is 11.5. The molecule has 1 heterocycles. The molecular weight excluding hydrogens is 232 g/mol. The fourth-order valence-electron chi connectivity index (χ4n) is 3.23. The highest BCUT2D eigenvalue weighted by molar-refractivity contribution is 5.85. The summed E-state index contributed by atoms with van der Waals surface area (Å²) in [5.41, 5.74) is 0. The predicted molar refractivity (Wildman–Crippen MR) is 76.9 cm³/mol. The molecular formula is C14H29ClN2. The average Bonchev–Trinajstić information content (AvgIpc) is 2.32. The van der Waals surface area contributed by atoms with Crippen molar-refractivity contribution < 1.29 is 0 Å². The van der Waals surface area contributed by atoms with Gasteiger partial charge >= 0.3 is 0 Å². The van der Waals surface area contributed by atoms with Crippen LogP contribution < -0.4 is 5.32 Å². The second kappa shape index (κ2) is 7.60. The lowest BCUT2D eigenvalue weighted by atomic mass is 9.87. The Labute approximate surface area is 113 Å². The van der Waals surface area contributed by atoms with E-state index < -0.39 is 0 Å². The van der Waals surface area contributed by atoms with E-state index >= 15 is 0 Å². The number of rotatable bonds is 3. The van der Waals surface area contributed by atoms with Gasteiger partial charge in [0.05, 0.1) is 0 Å². The molecule has 2 rings (SSSR count). The molecule has 0 radical (unpaired) electrons. The Hall–Kier alpha value is 0.210. The second-order valence-electron chi connectivity index (χ2n) is 5.95. The molecule has 1 aliphatic carbocycles. The Morgan fingerprint density at radius 3 is 2.53 bits per heavy atom. The summed E-state index contributed by atoms with van der Waals surface area (Å²) < 4.78 is 0. The van der Waals surface area contributed by atoms with E-state index in [-0.39, 0.29) is 12.4 Å². The maximum Gasteiger partial charge on any atom is 0.0193 e. The van der Waals surface area contributed by atoms with Crippen molar-refractivity contribution >= 4 is 12.4 Å². The molecule has 0 aromatic carbocycles. The van der Waals surface area contributed by atoms with Gasteiger partial charge in [-0.15, -0.1) is 12.4 Å². The van der Waals surface area contributed by atoms with E-state index in [4.69, 9.17) is 0 Å². The summed E-state index contributed by atoms with van der Waals surface area (Å²) in [5.74, 6) is 1.03. The largest absolute Gasteiger partial charge is 0.311 e. The molecule has 1 N–H and O–H groups in total. The first kappa shape index (κ1) is 15.3. The van der Waals surface area contributed by atoms with Crippen molar-refractivity contribution in [1.29, 1.82) is 0 Å². The van der Waals surface area contributed by atoms with E-state index in [1.54, 1.807) is 0 Å². The van der Waals surface area contributed by atoms with E-state index in [1.807, 2.05) is 0 Å². The van der Waals surface area contributed by atoms with Gasteiger partial charge < -0.3 is 5.32 Å². The molecule has 0 bridgehead atoms. The number of hydrogen-bond donors (Lipinski definition) is 1. The van der Waals surface area contributed by atoms with Crippen LogP contribution in [0, 0.1) is 5.92 Å². The number of hydrogen-bond acceptors (Lipinski definition) is 2. The summed E-state index contributed by atoms with van der Waals surface area (Å²) in [4.78, 5) is 2.69. The zero-order valence-corrected chi connectivity index (χ0v) is 12.3. The SMILES string of the molecule is CC1CN(CCC2CCCCC2)C(C)CN1.Cl. The highest BCUT2D eigenvalue weighted by Gasteiger charge is 2.23. The molecule has 1 saturated heterocycles. The highest BCUT2D eigenvalue weighted by atomic mass is 35.5. The minimum absolute atomic E-state index is 0. The maximum absolute atomic E-state index is 3.56. The van der Waals surface area contributed by atoms with Crippen molar-refractivity contribution in [2.24, 2.45) is 5.92 Å². The second-order valence-corrected chi connectivity index (χ2v) is 5.95. The molecule has 17 heavy (non-hydrogen) atoms.